The van der Waals surface area contributed by atoms with Crippen LogP contribution >= 0.6 is 23.2 Å². The fraction of sp³-hybridized carbons (Fsp3) is 0.290. The van der Waals surface area contributed by atoms with E-state index in [1.165, 1.54) is 37.4 Å². The van der Waals surface area contributed by atoms with E-state index in [9.17, 15) is 34.3 Å². The minimum absolute atomic E-state index is 0.112. The second-order valence-electron chi connectivity index (χ2n) is 11.7. The number of phenols is 1. The molecule has 218 valence electrons. The third-order valence-electron chi connectivity index (χ3n) is 9.68. The van der Waals surface area contributed by atoms with Crippen molar-refractivity contribution in [2.75, 3.05) is 11.9 Å². The van der Waals surface area contributed by atoms with Crippen molar-refractivity contribution < 1.29 is 34.3 Å². The molecule has 43 heavy (non-hydrogen) atoms. The van der Waals surface area contributed by atoms with Gasteiger partial charge in [-0.1, -0.05) is 54.1 Å². The first-order chi connectivity index (χ1) is 20.4. The third kappa shape index (κ3) is 3.55. The Morgan fingerprint density at radius 1 is 0.907 bits per heavy atom. The zero-order valence-electron chi connectivity index (χ0n) is 22.8. The molecule has 0 bridgehead atoms. The number of anilines is 1. The minimum Gasteiger partial charge on any atom is -0.508 e. The number of carbonyl (C=O) groups is 4. The summed E-state index contributed by atoms with van der Waals surface area (Å²) >= 11 is 14.5. The molecular formula is C31H25BCl2N2O7. The number of halogens is 2. The molecule has 2 aliphatic heterocycles. The number of benzene rings is 3. The number of phenolic OH excluding ortho intramolecular Hbond substituents is 1. The van der Waals surface area contributed by atoms with Gasteiger partial charge in [0.2, 0.25) is 11.8 Å². The zero-order valence-corrected chi connectivity index (χ0v) is 24.3. The molecule has 2 heterocycles. The van der Waals surface area contributed by atoms with E-state index in [0.717, 1.165) is 15.2 Å². The highest BCUT2D eigenvalue weighted by molar-refractivity contribution is 6.58. The van der Waals surface area contributed by atoms with Crippen LogP contribution in [0.2, 0.25) is 0 Å². The Morgan fingerprint density at radius 2 is 1.65 bits per heavy atom. The lowest BCUT2D eigenvalue weighted by molar-refractivity contribution is -0.138. The summed E-state index contributed by atoms with van der Waals surface area (Å²) in [6.45, 7) is 0. The molecule has 0 spiro atoms. The first-order valence-corrected chi connectivity index (χ1v) is 14.6. The number of allylic oxidation sites excluding steroid dienone is 2. The maximum Gasteiger partial charge on any atom is 0.488 e. The summed E-state index contributed by atoms with van der Waals surface area (Å²) in [4.78, 5) is 53.4. The molecule has 3 N–H and O–H groups in total. The number of rotatable bonds is 3. The first-order valence-electron chi connectivity index (χ1n) is 13.9. The first kappa shape index (κ1) is 28.1. The maximum absolute atomic E-state index is 14.2. The third-order valence-corrected chi connectivity index (χ3v) is 11.1. The molecule has 2 aliphatic carbocycles. The molecule has 1 saturated carbocycles. The second kappa shape index (κ2) is 9.40. The van der Waals surface area contributed by atoms with Gasteiger partial charge in [-0.15, -0.1) is 23.2 Å². The minimum atomic E-state index is -2.02. The normalized spacial score (nSPS) is 31.7. The molecule has 12 heteroatoms. The van der Waals surface area contributed by atoms with Gasteiger partial charge in [-0.05, 0) is 53.2 Å². The lowest BCUT2D eigenvalue weighted by Gasteiger charge is -2.51. The van der Waals surface area contributed by atoms with Crippen molar-refractivity contribution in [2.24, 2.45) is 17.8 Å². The lowest BCUT2D eigenvalue weighted by atomic mass is 9.56. The molecule has 6 atom stereocenters. The Hall–Kier alpha value is -3.70. The van der Waals surface area contributed by atoms with Crippen LogP contribution in [0.5, 0.6) is 5.75 Å². The van der Waals surface area contributed by atoms with Gasteiger partial charge < -0.3 is 15.2 Å². The van der Waals surface area contributed by atoms with E-state index in [2.05, 4.69) is 0 Å². The molecule has 4 amide bonds. The summed E-state index contributed by atoms with van der Waals surface area (Å²) in [5.74, 6) is -6.11. The van der Waals surface area contributed by atoms with Crippen molar-refractivity contribution >= 4 is 75.9 Å². The number of fused-ring (bicyclic) bond motifs is 5. The number of imide groups is 2. The molecule has 3 aromatic carbocycles. The topological polar surface area (TPSA) is 135 Å². The lowest BCUT2D eigenvalue weighted by Crippen LogP contribution is -2.60. The molecule has 7 rings (SSSR count). The monoisotopic (exact) mass is 618 g/mol. The summed E-state index contributed by atoms with van der Waals surface area (Å²) in [6.07, 6.45) is 1.78. The molecule has 0 aromatic heterocycles. The van der Waals surface area contributed by atoms with Gasteiger partial charge in [-0.25, -0.2) is 0 Å². The van der Waals surface area contributed by atoms with Crippen molar-refractivity contribution in [1.29, 1.82) is 0 Å². The van der Waals surface area contributed by atoms with E-state index in [0.29, 0.717) is 16.5 Å². The van der Waals surface area contributed by atoms with Crippen LogP contribution in [-0.4, -0.2) is 67.6 Å². The Kier molecular flexibility index (Phi) is 6.14. The van der Waals surface area contributed by atoms with Gasteiger partial charge in [0.25, 0.3) is 11.8 Å². The number of carbonyl (C=O) groups excluding carboxylic acids is 4. The number of hydrogen-bond donors (Lipinski definition) is 3. The second-order valence-corrected chi connectivity index (χ2v) is 12.9. The van der Waals surface area contributed by atoms with E-state index < -0.39 is 64.2 Å². The van der Waals surface area contributed by atoms with E-state index in [1.807, 2.05) is 12.1 Å². The highest BCUT2D eigenvalue weighted by atomic mass is 35.5. The van der Waals surface area contributed by atoms with Crippen LogP contribution in [0.15, 0.2) is 72.3 Å². The van der Waals surface area contributed by atoms with Crippen LogP contribution in [0.4, 0.5) is 5.69 Å². The largest absolute Gasteiger partial charge is 0.508 e. The summed E-state index contributed by atoms with van der Waals surface area (Å²) in [7, 11) is -0.487. The van der Waals surface area contributed by atoms with Crippen molar-refractivity contribution in [3.05, 3.63) is 77.9 Å². The quantitative estimate of drug-likeness (QED) is 0.178. The Labute approximate surface area is 256 Å². The standard InChI is InChI=1S/C31H25BCl2N2O7/c1-35-28(40)30(33)14-21-19(25(31(30,34)29(35)41)24-18-8-3-2-5-15(18)9-12-22(24)37)10-11-20-23(21)27(39)36(26(20)38)17-7-4-6-16(13-17)32(42)43/h2-10,12-13,20-21,23,25,37,42-43H,11,14H2,1H3/t20-,21+,23-,25+,30+,31-/m0/s1. The average Bonchev–Trinajstić information content (AvgIpc) is 3.32. The molecular weight excluding hydrogens is 594 g/mol. The molecule has 3 aromatic rings. The predicted molar refractivity (Wildman–Crippen MR) is 160 cm³/mol. The number of amides is 4. The summed E-state index contributed by atoms with van der Waals surface area (Å²) in [5.41, 5.74) is 1.19. The van der Waals surface area contributed by atoms with E-state index in [4.69, 9.17) is 23.2 Å². The van der Waals surface area contributed by atoms with Crippen LogP contribution in [0.1, 0.15) is 24.3 Å². The van der Waals surface area contributed by atoms with Gasteiger partial charge in [0, 0.05) is 18.5 Å². The number of likely N-dealkylation sites (tertiary alicyclic amines) is 1. The molecule has 9 nitrogen and oxygen atoms in total. The summed E-state index contributed by atoms with van der Waals surface area (Å²) < 4.78 is 0. The van der Waals surface area contributed by atoms with Crippen molar-refractivity contribution in [3.63, 3.8) is 0 Å². The zero-order chi connectivity index (χ0) is 30.6. The van der Waals surface area contributed by atoms with Gasteiger partial charge in [0.1, 0.15) is 5.75 Å². The number of aromatic hydroxyl groups is 1. The van der Waals surface area contributed by atoms with Crippen LogP contribution in [0.25, 0.3) is 10.8 Å². The van der Waals surface area contributed by atoms with Gasteiger partial charge in [0.05, 0.1) is 17.5 Å². The van der Waals surface area contributed by atoms with Gasteiger partial charge >= 0.3 is 7.12 Å². The number of hydrogen-bond acceptors (Lipinski definition) is 7. The van der Waals surface area contributed by atoms with E-state index >= 15 is 0 Å². The van der Waals surface area contributed by atoms with Crippen LogP contribution in [0, 0.1) is 17.8 Å². The number of nitrogens with zero attached hydrogens (tertiary/aromatic N) is 2. The van der Waals surface area contributed by atoms with Crippen LogP contribution < -0.4 is 10.4 Å². The average molecular weight is 619 g/mol. The number of alkyl halides is 2. The molecule has 0 unspecified atom stereocenters. The molecule has 4 aliphatic rings. The van der Waals surface area contributed by atoms with Crippen LogP contribution in [0.3, 0.4) is 0 Å². The Balaban J connectivity index is 1.43. The molecule has 2 saturated heterocycles. The predicted octanol–water partition coefficient (Wildman–Crippen LogP) is 2.42. The van der Waals surface area contributed by atoms with E-state index in [-0.39, 0.29) is 29.7 Å². The van der Waals surface area contributed by atoms with Crippen molar-refractivity contribution in [1.82, 2.24) is 4.90 Å². The molecule has 0 radical (unpaired) electrons. The highest BCUT2D eigenvalue weighted by Crippen LogP contribution is 2.66. The fourth-order valence-corrected chi connectivity index (χ4v) is 8.73. The fourth-order valence-electron chi connectivity index (χ4n) is 7.73. The van der Waals surface area contributed by atoms with Crippen molar-refractivity contribution in [2.45, 2.75) is 28.5 Å². The van der Waals surface area contributed by atoms with Gasteiger partial charge in [-0.3, -0.25) is 29.0 Å². The SMILES string of the molecule is CN1C(=O)[C@]2(Cl)C[C@@H]3C(=CC[C@@H]4C(=O)N(c5cccc(B(O)O)c5)C(=O)[C@@H]43)[C@H](c3c(O)ccc4ccccc34)[C@]2(Cl)C1=O. The smallest absolute Gasteiger partial charge is 0.488 e. The van der Waals surface area contributed by atoms with Gasteiger partial charge in [0.15, 0.2) is 9.75 Å². The Morgan fingerprint density at radius 3 is 2.40 bits per heavy atom. The van der Waals surface area contributed by atoms with Crippen LogP contribution in [-0.2, 0) is 19.2 Å². The van der Waals surface area contributed by atoms with E-state index in [1.54, 1.807) is 24.3 Å². The van der Waals surface area contributed by atoms with Crippen molar-refractivity contribution in [3.8, 4) is 5.75 Å². The van der Waals surface area contributed by atoms with Gasteiger partial charge in [-0.2, -0.15) is 0 Å². The summed E-state index contributed by atoms with van der Waals surface area (Å²) in [6, 6.07) is 16.4. The highest BCUT2D eigenvalue weighted by Gasteiger charge is 2.76. The molecule has 3 fully saturated rings. The maximum atomic E-state index is 14.2. The Bertz CT molecular complexity index is 1810. The summed E-state index contributed by atoms with van der Waals surface area (Å²) in [5, 5.41) is 32.0.